The Bertz CT molecular complexity index is 1680. The van der Waals surface area contributed by atoms with E-state index in [1.165, 1.54) is 11.3 Å². The highest BCUT2D eigenvalue weighted by molar-refractivity contribution is 7.08. The second-order valence-corrected chi connectivity index (χ2v) is 9.04. The number of phenols is 1. The van der Waals surface area contributed by atoms with Crippen molar-refractivity contribution in [3.63, 3.8) is 0 Å². The standard InChI is InChI=1S/C30H20N2O3S/c33-27-24(23-13-6-11-19-8-4-5-12-22(19)23)14-7-15-25(27)29-31-26(21-16-17-36-18-21)30(35-29)32-28(34)20-9-2-1-3-10-20/h1-18,33H,(H,32,34). The summed E-state index contributed by atoms with van der Waals surface area (Å²) in [6, 6.07) is 30.4. The van der Waals surface area contributed by atoms with Gasteiger partial charge in [-0.15, -0.1) is 0 Å². The van der Waals surface area contributed by atoms with Gasteiger partial charge in [-0.25, -0.2) is 4.98 Å². The minimum atomic E-state index is -0.302. The van der Waals surface area contributed by atoms with E-state index in [0.717, 1.165) is 21.9 Å². The summed E-state index contributed by atoms with van der Waals surface area (Å²) in [5.41, 5.74) is 3.86. The summed E-state index contributed by atoms with van der Waals surface area (Å²) in [5, 5.41) is 20.2. The van der Waals surface area contributed by atoms with Gasteiger partial charge in [0.2, 0.25) is 11.8 Å². The molecule has 0 atom stereocenters. The highest BCUT2D eigenvalue weighted by atomic mass is 32.1. The van der Waals surface area contributed by atoms with Gasteiger partial charge in [-0.1, -0.05) is 72.8 Å². The Morgan fingerprint density at radius 2 is 1.53 bits per heavy atom. The molecule has 0 fully saturated rings. The van der Waals surface area contributed by atoms with Crippen LogP contribution >= 0.6 is 11.3 Å². The van der Waals surface area contributed by atoms with E-state index in [0.29, 0.717) is 22.4 Å². The molecular weight excluding hydrogens is 468 g/mol. The number of phenolic OH excluding ortho intramolecular Hbond substituents is 1. The van der Waals surface area contributed by atoms with Crippen LogP contribution in [0, 0.1) is 0 Å². The number of carbonyl (C=O) groups is 1. The lowest BCUT2D eigenvalue weighted by Crippen LogP contribution is -2.11. The largest absolute Gasteiger partial charge is 0.506 e. The van der Waals surface area contributed by atoms with Crippen LogP contribution in [0.3, 0.4) is 0 Å². The Balaban J connectivity index is 1.45. The summed E-state index contributed by atoms with van der Waals surface area (Å²) in [6.07, 6.45) is 0. The number of nitrogens with zero attached hydrogens (tertiary/aromatic N) is 1. The van der Waals surface area contributed by atoms with Crippen molar-refractivity contribution >= 4 is 33.9 Å². The van der Waals surface area contributed by atoms with Crippen LogP contribution in [-0.4, -0.2) is 16.0 Å². The Morgan fingerprint density at radius 3 is 2.36 bits per heavy atom. The fourth-order valence-electron chi connectivity index (χ4n) is 4.27. The molecule has 4 aromatic carbocycles. The fourth-order valence-corrected chi connectivity index (χ4v) is 4.91. The molecule has 0 aliphatic heterocycles. The van der Waals surface area contributed by atoms with Crippen LogP contribution in [0.15, 0.2) is 112 Å². The Labute approximate surface area is 211 Å². The number of hydrogen-bond donors (Lipinski definition) is 2. The van der Waals surface area contributed by atoms with E-state index in [1.54, 1.807) is 30.3 Å². The Kier molecular flexibility index (Phi) is 5.56. The summed E-state index contributed by atoms with van der Waals surface area (Å²) in [7, 11) is 0. The molecular formula is C30H20N2O3S. The number of thiophene rings is 1. The summed E-state index contributed by atoms with van der Waals surface area (Å²) in [6.45, 7) is 0. The second-order valence-electron chi connectivity index (χ2n) is 8.26. The molecule has 0 bridgehead atoms. The van der Waals surface area contributed by atoms with Gasteiger partial charge in [0, 0.05) is 22.1 Å². The van der Waals surface area contributed by atoms with E-state index in [-0.39, 0.29) is 23.4 Å². The summed E-state index contributed by atoms with van der Waals surface area (Å²) >= 11 is 1.52. The average molecular weight is 489 g/mol. The van der Waals surface area contributed by atoms with E-state index in [2.05, 4.69) is 5.32 Å². The summed E-state index contributed by atoms with van der Waals surface area (Å²) in [4.78, 5) is 17.6. The number of fused-ring (bicyclic) bond motifs is 1. The van der Waals surface area contributed by atoms with Crippen LogP contribution < -0.4 is 5.32 Å². The number of aromatic nitrogens is 1. The molecule has 2 aromatic heterocycles. The molecule has 1 amide bonds. The molecule has 0 saturated heterocycles. The van der Waals surface area contributed by atoms with E-state index in [9.17, 15) is 9.90 Å². The molecule has 0 radical (unpaired) electrons. The molecule has 5 nitrogen and oxygen atoms in total. The molecule has 6 aromatic rings. The number of aromatic hydroxyl groups is 1. The number of hydrogen-bond acceptors (Lipinski definition) is 5. The number of para-hydroxylation sites is 1. The summed E-state index contributed by atoms with van der Waals surface area (Å²) in [5.74, 6) is 0.211. The van der Waals surface area contributed by atoms with E-state index in [1.807, 2.05) is 77.5 Å². The zero-order valence-corrected chi connectivity index (χ0v) is 19.8. The molecule has 0 spiro atoms. The number of oxazole rings is 1. The van der Waals surface area contributed by atoms with Gasteiger partial charge in [0.1, 0.15) is 11.4 Å². The Morgan fingerprint density at radius 1 is 0.806 bits per heavy atom. The van der Waals surface area contributed by atoms with E-state index >= 15 is 0 Å². The van der Waals surface area contributed by atoms with Crippen LogP contribution in [0.5, 0.6) is 5.75 Å². The first kappa shape index (κ1) is 21.8. The lowest BCUT2D eigenvalue weighted by molar-refractivity contribution is 0.102. The van der Waals surface area contributed by atoms with Crippen LogP contribution in [0.4, 0.5) is 5.88 Å². The highest BCUT2D eigenvalue weighted by Crippen LogP contribution is 2.42. The average Bonchev–Trinajstić information content (AvgIpc) is 3.59. The van der Waals surface area contributed by atoms with Gasteiger partial charge in [-0.2, -0.15) is 11.3 Å². The molecule has 0 saturated carbocycles. The molecule has 0 aliphatic carbocycles. The van der Waals surface area contributed by atoms with Crippen molar-refractivity contribution in [1.29, 1.82) is 0 Å². The lowest BCUT2D eigenvalue weighted by atomic mass is 9.96. The van der Waals surface area contributed by atoms with Crippen molar-refractivity contribution in [3.05, 3.63) is 113 Å². The minimum absolute atomic E-state index is 0.0629. The molecule has 0 aliphatic rings. The normalized spacial score (nSPS) is 11.0. The van der Waals surface area contributed by atoms with Crippen LogP contribution in [0.2, 0.25) is 0 Å². The number of nitrogens with one attached hydrogen (secondary N) is 1. The van der Waals surface area contributed by atoms with E-state index < -0.39 is 0 Å². The third-order valence-corrected chi connectivity index (χ3v) is 6.71. The fraction of sp³-hybridized carbons (Fsp3) is 0. The molecule has 0 unspecified atom stereocenters. The quantitative estimate of drug-likeness (QED) is 0.259. The molecule has 36 heavy (non-hydrogen) atoms. The maximum Gasteiger partial charge on any atom is 0.258 e. The smallest absolute Gasteiger partial charge is 0.258 e. The minimum Gasteiger partial charge on any atom is -0.506 e. The number of carbonyl (C=O) groups excluding carboxylic acids is 1. The van der Waals surface area contributed by atoms with Crippen LogP contribution in [-0.2, 0) is 0 Å². The SMILES string of the molecule is O=C(Nc1oc(-c2cccc(-c3cccc4ccccc34)c2O)nc1-c1ccsc1)c1ccccc1. The van der Waals surface area contributed by atoms with Gasteiger partial charge in [0.05, 0.1) is 5.56 Å². The molecule has 6 rings (SSSR count). The third-order valence-electron chi connectivity index (χ3n) is 6.03. The van der Waals surface area contributed by atoms with Gasteiger partial charge in [-0.3, -0.25) is 10.1 Å². The predicted molar refractivity (Wildman–Crippen MR) is 144 cm³/mol. The molecule has 6 heteroatoms. The van der Waals surface area contributed by atoms with Crippen LogP contribution in [0.1, 0.15) is 10.4 Å². The molecule has 2 N–H and O–H groups in total. The van der Waals surface area contributed by atoms with Crippen molar-refractivity contribution in [3.8, 4) is 39.6 Å². The lowest BCUT2D eigenvalue weighted by Gasteiger charge is -2.11. The van der Waals surface area contributed by atoms with Gasteiger partial charge in [-0.05, 0) is 46.0 Å². The number of benzene rings is 4. The second kappa shape index (κ2) is 9.17. The van der Waals surface area contributed by atoms with Crippen molar-refractivity contribution in [2.75, 3.05) is 5.32 Å². The Hall–Kier alpha value is -4.68. The monoisotopic (exact) mass is 488 g/mol. The van der Waals surface area contributed by atoms with Crippen molar-refractivity contribution in [2.24, 2.45) is 0 Å². The van der Waals surface area contributed by atoms with Gasteiger partial charge < -0.3 is 9.52 Å². The number of rotatable bonds is 5. The first-order valence-electron chi connectivity index (χ1n) is 11.4. The highest BCUT2D eigenvalue weighted by Gasteiger charge is 2.22. The van der Waals surface area contributed by atoms with E-state index in [4.69, 9.17) is 9.40 Å². The molecule has 2 heterocycles. The van der Waals surface area contributed by atoms with Crippen molar-refractivity contribution < 1.29 is 14.3 Å². The van der Waals surface area contributed by atoms with Gasteiger partial charge in [0.15, 0.2) is 0 Å². The predicted octanol–water partition coefficient (Wildman–Crippen LogP) is 7.85. The van der Waals surface area contributed by atoms with Crippen LogP contribution in [0.25, 0.3) is 44.6 Å². The zero-order valence-electron chi connectivity index (χ0n) is 19.0. The topological polar surface area (TPSA) is 75.4 Å². The maximum absolute atomic E-state index is 12.9. The maximum atomic E-state index is 12.9. The van der Waals surface area contributed by atoms with Gasteiger partial charge >= 0.3 is 0 Å². The van der Waals surface area contributed by atoms with Crippen molar-refractivity contribution in [2.45, 2.75) is 0 Å². The molecule has 174 valence electrons. The van der Waals surface area contributed by atoms with Gasteiger partial charge in [0.25, 0.3) is 5.91 Å². The summed E-state index contributed by atoms with van der Waals surface area (Å²) < 4.78 is 6.08. The number of anilines is 1. The van der Waals surface area contributed by atoms with Crippen molar-refractivity contribution in [1.82, 2.24) is 4.98 Å². The first-order chi connectivity index (χ1) is 17.7. The third kappa shape index (κ3) is 3.93. The first-order valence-corrected chi connectivity index (χ1v) is 12.3. The zero-order chi connectivity index (χ0) is 24.5. The number of amides is 1.